The van der Waals surface area contributed by atoms with E-state index in [9.17, 15) is 4.79 Å². The van der Waals surface area contributed by atoms with E-state index in [-0.39, 0.29) is 24.0 Å². The number of ether oxygens (including phenoxy) is 2. The first-order chi connectivity index (χ1) is 7.13. The van der Waals surface area contributed by atoms with Gasteiger partial charge in [-0.15, -0.1) is 0 Å². The van der Waals surface area contributed by atoms with E-state index in [4.69, 9.17) is 15.2 Å². The normalized spacial score (nSPS) is 27.7. The molecule has 4 heteroatoms. The molecule has 1 rings (SSSR count). The Balaban J connectivity index is 2.23. The van der Waals surface area contributed by atoms with Crippen molar-refractivity contribution in [1.82, 2.24) is 0 Å². The Labute approximate surface area is 91.1 Å². The molecular formula is C11H21NO3. The molecule has 1 aliphatic rings. The highest BCUT2D eigenvalue weighted by Gasteiger charge is 2.29. The summed E-state index contributed by atoms with van der Waals surface area (Å²) in [7, 11) is 0. The fourth-order valence-corrected chi connectivity index (χ4v) is 1.84. The summed E-state index contributed by atoms with van der Waals surface area (Å²) in [5.74, 6) is -0.112. The second kappa shape index (κ2) is 6.08. The Kier molecular flexibility index (Phi) is 5.05. The third-order valence-electron chi connectivity index (χ3n) is 2.68. The zero-order valence-electron chi connectivity index (χ0n) is 9.57. The van der Waals surface area contributed by atoms with Crippen LogP contribution in [0.15, 0.2) is 0 Å². The number of rotatable bonds is 5. The molecule has 4 nitrogen and oxygen atoms in total. The molecule has 0 spiro atoms. The number of carbonyl (C=O) groups is 1. The molecule has 0 aromatic carbocycles. The van der Waals surface area contributed by atoms with Gasteiger partial charge in [0, 0.05) is 12.6 Å². The van der Waals surface area contributed by atoms with E-state index in [0.29, 0.717) is 13.2 Å². The summed E-state index contributed by atoms with van der Waals surface area (Å²) in [6.45, 7) is 4.89. The van der Waals surface area contributed by atoms with Crippen molar-refractivity contribution in [1.29, 1.82) is 0 Å². The van der Waals surface area contributed by atoms with Crippen LogP contribution in [-0.4, -0.2) is 31.3 Å². The van der Waals surface area contributed by atoms with Crippen molar-refractivity contribution in [2.24, 2.45) is 11.7 Å². The van der Waals surface area contributed by atoms with Gasteiger partial charge in [0.15, 0.2) is 0 Å². The summed E-state index contributed by atoms with van der Waals surface area (Å²) in [5.41, 5.74) is 5.74. The third-order valence-corrected chi connectivity index (χ3v) is 2.68. The summed E-state index contributed by atoms with van der Waals surface area (Å²) in [6, 6.07) is 0.171. The van der Waals surface area contributed by atoms with Gasteiger partial charge in [-0.1, -0.05) is 0 Å². The van der Waals surface area contributed by atoms with Gasteiger partial charge in [0.05, 0.1) is 12.5 Å². The van der Waals surface area contributed by atoms with Crippen LogP contribution >= 0.6 is 0 Å². The van der Waals surface area contributed by atoms with Crippen LogP contribution in [0.5, 0.6) is 0 Å². The van der Waals surface area contributed by atoms with Crippen LogP contribution in [-0.2, 0) is 14.3 Å². The maximum absolute atomic E-state index is 11.6. The van der Waals surface area contributed by atoms with Gasteiger partial charge in [0.1, 0.15) is 6.10 Å². The first-order valence-electron chi connectivity index (χ1n) is 5.67. The molecule has 1 unspecified atom stereocenters. The van der Waals surface area contributed by atoms with Crippen molar-refractivity contribution in [3.05, 3.63) is 0 Å². The van der Waals surface area contributed by atoms with Gasteiger partial charge < -0.3 is 15.2 Å². The van der Waals surface area contributed by atoms with Crippen molar-refractivity contribution in [2.75, 3.05) is 13.2 Å². The minimum atomic E-state index is -0.158. The van der Waals surface area contributed by atoms with Crippen molar-refractivity contribution in [3.8, 4) is 0 Å². The highest BCUT2D eigenvalue weighted by Crippen LogP contribution is 2.25. The number of nitrogens with two attached hydrogens (primary N) is 1. The zero-order chi connectivity index (χ0) is 11.3. The maximum Gasteiger partial charge on any atom is 0.309 e. The predicted molar refractivity (Wildman–Crippen MR) is 57.4 cm³/mol. The van der Waals surface area contributed by atoms with E-state index >= 15 is 0 Å². The summed E-state index contributed by atoms with van der Waals surface area (Å²) < 4.78 is 10.4. The molecule has 0 aliphatic heterocycles. The number of esters is 1. The van der Waals surface area contributed by atoms with E-state index in [1.807, 2.05) is 13.8 Å². The average Bonchev–Trinajstić information content (AvgIpc) is 2.61. The second-order valence-corrected chi connectivity index (χ2v) is 4.18. The Morgan fingerprint density at radius 2 is 2.27 bits per heavy atom. The van der Waals surface area contributed by atoms with Crippen LogP contribution < -0.4 is 5.73 Å². The monoisotopic (exact) mass is 215 g/mol. The minimum absolute atomic E-state index is 0.00377. The fraction of sp³-hybridized carbons (Fsp3) is 0.909. The lowest BCUT2D eigenvalue weighted by Gasteiger charge is -2.16. The molecule has 0 saturated heterocycles. The Morgan fingerprint density at radius 3 is 2.80 bits per heavy atom. The Bertz CT molecular complexity index is 208. The van der Waals surface area contributed by atoms with E-state index < -0.39 is 0 Å². The maximum atomic E-state index is 11.6. The van der Waals surface area contributed by atoms with Crippen LogP contribution in [0.1, 0.15) is 33.1 Å². The highest BCUT2D eigenvalue weighted by atomic mass is 16.6. The van der Waals surface area contributed by atoms with Crippen LogP contribution in [0.4, 0.5) is 0 Å². The third kappa shape index (κ3) is 4.18. The Morgan fingerprint density at radius 1 is 1.53 bits per heavy atom. The zero-order valence-corrected chi connectivity index (χ0v) is 9.57. The van der Waals surface area contributed by atoms with Crippen LogP contribution in [0.3, 0.4) is 0 Å². The molecule has 1 aliphatic carbocycles. The van der Waals surface area contributed by atoms with Crippen molar-refractivity contribution < 1.29 is 14.3 Å². The first-order valence-corrected chi connectivity index (χ1v) is 5.67. The molecule has 3 atom stereocenters. The van der Waals surface area contributed by atoms with Crippen LogP contribution in [0, 0.1) is 5.92 Å². The molecule has 0 aromatic rings. The van der Waals surface area contributed by atoms with Crippen molar-refractivity contribution in [3.63, 3.8) is 0 Å². The topological polar surface area (TPSA) is 61.5 Å². The van der Waals surface area contributed by atoms with Gasteiger partial charge in [0.25, 0.3) is 0 Å². The quantitative estimate of drug-likeness (QED) is 0.697. The van der Waals surface area contributed by atoms with Gasteiger partial charge in [0.2, 0.25) is 0 Å². The molecule has 2 N–H and O–H groups in total. The molecule has 15 heavy (non-hydrogen) atoms. The molecule has 0 heterocycles. The van der Waals surface area contributed by atoms with Gasteiger partial charge in [-0.05, 0) is 33.1 Å². The number of carbonyl (C=O) groups excluding carboxylic acids is 1. The molecule has 0 radical (unpaired) electrons. The SMILES string of the molecule is CCOCC(C)OC(=O)[C@@H]1CC[C@H](N)C1. The number of hydrogen-bond acceptors (Lipinski definition) is 4. The summed E-state index contributed by atoms with van der Waals surface area (Å²) in [4.78, 5) is 11.6. The molecule has 88 valence electrons. The molecule has 1 saturated carbocycles. The molecular weight excluding hydrogens is 194 g/mol. The predicted octanol–water partition coefficient (Wildman–Crippen LogP) is 1.08. The van der Waals surface area contributed by atoms with Crippen molar-refractivity contribution in [2.45, 2.75) is 45.3 Å². The number of hydrogen-bond donors (Lipinski definition) is 1. The molecule has 1 fully saturated rings. The van der Waals surface area contributed by atoms with E-state index in [1.165, 1.54) is 0 Å². The molecule has 0 bridgehead atoms. The summed E-state index contributed by atoms with van der Waals surface area (Å²) >= 11 is 0. The van der Waals surface area contributed by atoms with Gasteiger partial charge in [-0.3, -0.25) is 4.79 Å². The molecule has 0 aromatic heterocycles. The summed E-state index contributed by atoms with van der Waals surface area (Å²) in [5, 5.41) is 0. The van der Waals surface area contributed by atoms with Gasteiger partial charge in [-0.2, -0.15) is 0 Å². The standard InChI is InChI=1S/C11H21NO3/c1-3-14-7-8(2)15-11(13)9-4-5-10(12)6-9/h8-10H,3-7,12H2,1-2H3/t8?,9-,10+/m1/s1. The lowest BCUT2D eigenvalue weighted by molar-refractivity contribution is -0.155. The second-order valence-electron chi connectivity index (χ2n) is 4.18. The summed E-state index contributed by atoms with van der Waals surface area (Å²) in [6.07, 6.45) is 2.40. The molecule has 0 amide bonds. The first kappa shape index (κ1) is 12.5. The largest absolute Gasteiger partial charge is 0.460 e. The Hall–Kier alpha value is -0.610. The van der Waals surface area contributed by atoms with Crippen molar-refractivity contribution >= 4 is 5.97 Å². The van der Waals surface area contributed by atoms with E-state index in [1.54, 1.807) is 0 Å². The van der Waals surface area contributed by atoms with E-state index in [2.05, 4.69) is 0 Å². The lowest BCUT2D eigenvalue weighted by atomic mass is 10.1. The minimum Gasteiger partial charge on any atom is -0.460 e. The van der Waals surface area contributed by atoms with Crippen LogP contribution in [0.2, 0.25) is 0 Å². The smallest absolute Gasteiger partial charge is 0.309 e. The fourth-order valence-electron chi connectivity index (χ4n) is 1.84. The van der Waals surface area contributed by atoms with Gasteiger partial charge >= 0.3 is 5.97 Å². The lowest BCUT2D eigenvalue weighted by Crippen LogP contribution is -2.25. The van der Waals surface area contributed by atoms with Crippen LogP contribution in [0.25, 0.3) is 0 Å². The average molecular weight is 215 g/mol. The highest BCUT2D eigenvalue weighted by molar-refractivity contribution is 5.73. The van der Waals surface area contributed by atoms with E-state index in [0.717, 1.165) is 19.3 Å². The van der Waals surface area contributed by atoms with Gasteiger partial charge in [-0.25, -0.2) is 0 Å².